The van der Waals surface area contributed by atoms with Crippen molar-refractivity contribution in [3.05, 3.63) is 42.5 Å². The minimum Gasteiger partial charge on any atom is -0.497 e. The zero-order valence-corrected chi connectivity index (χ0v) is 10.8. The van der Waals surface area contributed by atoms with Gasteiger partial charge in [0.2, 0.25) is 0 Å². The van der Waals surface area contributed by atoms with E-state index in [4.69, 9.17) is 15.2 Å². The molecule has 0 unspecified atom stereocenters. The number of nitrogens with zero attached hydrogens (tertiary/aromatic N) is 2. The summed E-state index contributed by atoms with van der Waals surface area (Å²) in [7, 11) is 3.20. The highest BCUT2D eigenvalue weighted by atomic mass is 16.5. The predicted octanol–water partition coefficient (Wildman–Crippen LogP) is 3.70. The van der Waals surface area contributed by atoms with Crippen molar-refractivity contribution < 1.29 is 9.47 Å². The van der Waals surface area contributed by atoms with Crippen LogP contribution in [0.3, 0.4) is 0 Å². The topological polar surface area (TPSA) is 69.2 Å². The normalized spacial score (nSPS) is 10.6. The third-order valence-corrected chi connectivity index (χ3v) is 2.57. The first kappa shape index (κ1) is 12.9. The molecule has 98 valence electrons. The van der Waals surface area contributed by atoms with Gasteiger partial charge in [0.25, 0.3) is 0 Å². The largest absolute Gasteiger partial charge is 0.497 e. The Morgan fingerprint density at radius 1 is 0.842 bits per heavy atom. The second-order valence-corrected chi connectivity index (χ2v) is 3.82. The van der Waals surface area contributed by atoms with Crippen molar-refractivity contribution in [1.82, 2.24) is 0 Å². The van der Waals surface area contributed by atoms with E-state index >= 15 is 0 Å². The van der Waals surface area contributed by atoms with Crippen molar-refractivity contribution in [2.45, 2.75) is 0 Å². The van der Waals surface area contributed by atoms with E-state index in [1.54, 1.807) is 32.4 Å². The van der Waals surface area contributed by atoms with Gasteiger partial charge in [-0.05, 0) is 42.5 Å². The molecule has 2 aromatic rings. The van der Waals surface area contributed by atoms with Crippen molar-refractivity contribution in [1.29, 1.82) is 0 Å². The first-order valence-corrected chi connectivity index (χ1v) is 5.72. The summed E-state index contributed by atoms with van der Waals surface area (Å²) in [5.74, 6) is 1.41. The third kappa shape index (κ3) is 3.22. The van der Waals surface area contributed by atoms with Crippen molar-refractivity contribution in [2.75, 3.05) is 20.0 Å². The molecule has 0 saturated carbocycles. The Kier molecular flexibility index (Phi) is 3.97. The van der Waals surface area contributed by atoms with Gasteiger partial charge in [0.15, 0.2) is 0 Å². The van der Waals surface area contributed by atoms with Gasteiger partial charge in [0.05, 0.1) is 31.3 Å². The molecule has 0 amide bonds. The Hall–Kier alpha value is -2.56. The second-order valence-electron chi connectivity index (χ2n) is 3.82. The number of methoxy groups -OCH3 is 2. The lowest BCUT2D eigenvalue weighted by Crippen LogP contribution is -1.90. The average Bonchev–Trinajstić information content (AvgIpc) is 2.46. The predicted molar refractivity (Wildman–Crippen MR) is 74.6 cm³/mol. The summed E-state index contributed by atoms with van der Waals surface area (Å²) in [4.78, 5) is 0. The molecule has 0 aliphatic rings. The molecule has 0 atom stereocenters. The third-order valence-electron chi connectivity index (χ3n) is 2.57. The number of hydrogen-bond acceptors (Lipinski definition) is 5. The SMILES string of the molecule is COc1ccc(/N=N/c2ccc(OC)c(N)c2)cc1. The van der Waals surface area contributed by atoms with E-state index in [1.807, 2.05) is 24.3 Å². The number of nitrogen functional groups attached to an aromatic ring is 1. The molecular weight excluding hydrogens is 242 g/mol. The Labute approximate surface area is 111 Å². The van der Waals surface area contributed by atoms with Gasteiger partial charge in [-0.15, -0.1) is 0 Å². The molecule has 2 rings (SSSR count). The maximum atomic E-state index is 5.80. The first-order chi connectivity index (χ1) is 9.22. The summed E-state index contributed by atoms with van der Waals surface area (Å²) >= 11 is 0. The van der Waals surface area contributed by atoms with Crippen molar-refractivity contribution in [3.8, 4) is 11.5 Å². The van der Waals surface area contributed by atoms with E-state index in [1.165, 1.54) is 0 Å². The zero-order valence-electron chi connectivity index (χ0n) is 10.8. The summed E-state index contributed by atoms with van der Waals surface area (Å²) in [6.07, 6.45) is 0. The molecule has 0 radical (unpaired) electrons. The maximum Gasteiger partial charge on any atom is 0.141 e. The smallest absolute Gasteiger partial charge is 0.141 e. The molecule has 0 aromatic heterocycles. The lowest BCUT2D eigenvalue weighted by atomic mass is 10.2. The Morgan fingerprint density at radius 3 is 2.05 bits per heavy atom. The number of nitrogens with two attached hydrogens (primary N) is 1. The minimum absolute atomic E-state index is 0.536. The fourth-order valence-corrected chi connectivity index (χ4v) is 1.55. The maximum absolute atomic E-state index is 5.80. The number of anilines is 1. The van der Waals surface area contributed by atoms with E-state index in [9.17, 15) is 0 Å². The molecule has 0 spiro atoms. The van der Waals surface area contributed by atoms with E-state index in [0.717, 1.165) is 11.4 Å². The molecule has 2 aromatic carbocycles. The van der Waals surface area contributed by atoms with Gasteiger partial charge in [-0.1, -0.05) is 0 Å². The van der Waals surface area contributed by atoms with Crippen molar-refractivity contribution in [2.24, 2.45) is 10.2 Å². The summed E-state index contributed by atoms with van der Waals surface area (Å²) < 4.78 is 10.1. The highest BCUT2D eigenvalue weighted by Crippen LogP contribution is 2.27. The Morgan fingerprint density at radius 2 is 1.47 bits per heavy atom. The number of rotatable bonds is 4. The minimum atomic E-state index is 0.536. The van der Waals surface area contributed by atoms with Gasteiger partial charge in [-0.2, -0.15) is 10.2 Å². The molecule has 0 saturated heterocycles. The summed E-state index contributed by atoms with van der Waals surface area (Å²) in [5.41, 5.74) is 7.75. The highest BCUT2D eigenvalue weighted by molar-refractivity contribution is 5.60. The Bertz CT molecular complexity index is 580. The number of azo groups is 1. The summed E-state index contributed by atoms with van der Waals surface area (Å²) in [6, 6.07) is 12.6. The van der Waals surface area contributed by atoms with Gasteiger partial charge in [-0.3, -0.25) is 0 Å². The summed E-state index contributed by atoms with van der Waals surface area (Å²) in [6.45, 7) is 0. The van der Waals surface area contributed by atoms with E-state index in [2.05, 4.69) is 10.2 Å². The lowest BCUT2D eigenvalue weighted by Gasteiger charge is -2.03. The quantitative estimate of drug-likeness (QED) is 0.670. The fraction of sp³-hybridized carbons (Fsp3) is 0.143. The van der Waals surface area contributed by atoms with E-state index in [0.29, 0.717) is 17.1 Å². The molecule has 0 aliphatic heterocycles. The van der Waals surface area contributed by atoms with Gasteiger partial charge >= 0.3 is 0 Å². The number of hydrogen-bond donors (Lipinski definition) is 1. The van der Waals surface area contributed by atoms with Gasteiger partial charge in [0, 0.05) is 0 Å². The van der Waals surface area contributed by atoms with Crippen molar-refractivity contribution in [3.63, 3.8) is 0 Å². The lowest BCUT2D eigenvalue weighted by molar-refractivity contribution is 0.415. The molecule has 2 N–H and O–H groups in total. The van der Waals surface area contributed by atoms with Crippen LogP contribution < -0.4 is 15.2 Å². The van der Waals surface area contributed by atoms with Crippen LogP contribution in [0.15, 0.2) is 52.7 Å². The number of benzene rings is 2. The molecule has 5 heteroatoms. The number of ether oxygens (including phenoxy) is 2. The fourth-order valence-electron chi connectivity index (χ4n) is 1.55. The van der Waals surface area contributed by atoms with Crippen LogP contribution in [-0.4, -0.2) is 14.2 Å². The van der Waals surface area contributed by atoms with Crippen LogP contribution in [0.1, 0.15) is 0 Å². The molecule has 19 heavy (non-hydrogen) atoms. The molecule has 0 aliphatic carbocycles. The van der Waals surface area contributed by atoms with Crippen LogP contribution in [0.4, 0.5) is 17.1 Å². The average molecular weight is 257 g/mol. The van der Waals surface area contributed by atoms with E-state index in [-0.39, 0.29) is 0 Å². The van der Waals surface area contributed by atoms with Gasteiger partial charge in [0.1, 0.15) is 11.5 Å². The molecule has 0 heterocycles. The monoisotopic (exact) mass is 257 g/mol. The van der Waals surface area contributed by atoms with Crippen LogP contribution in [-0.2, 0) is 0 Å². The molecule has 0 bridgehead atoms. The van der Waals surface area contributed by atoms with Crippen LogP contribution in [0.2, 0.25) is 0 Å². The first-order valence-electron chi connectivity index (χ1n) is 5.72. The van der Waals surface area contributed by atoms with Crippen molar-refractivity contribution >= 4 is 17.1 Å². The van der Waals surface area contributed by atoms with Gasteiger partial charge in [-0.25, -0.2) is 0 Å². The Balaban J connectivity index is 2.15. The van der Waals surface area contributed by atoms with E-state index < -0.39 is 0 Å². The van der Waals surface area contributed by atoms with Crippen LogP contribution >= 0.6 is 0 Å². The van der Waals surface area contributed by atoms with Gasteiger partial charge < -0.3 is 15.2 Å². The zero-order chi connectivity index (χ0) is 13.7. The highest BCUT2D eigenvalue weighted by Gasteiger charge is 1.99. The van der Waals surface area contributed by atoms with Crippen LogP contribution in [0.25, 0.3) is 0 Å². The molecule has 5 nitrogen and oxygen atoms in total. The van der Waals surface area contributed by atoms with Crippen LogP contribution in [0, 0.1) is 0 Å². The second kappa shape index (κ2) is 5.86. The molecular formula is C14H15N3O2. The molecule has 0 fully saturated rings. The van der Waals surface area contributed by atoms with Crippen LogP contribution in [0.5, 0.6) is 11.5 Å². The standard InChI is InChI=1S/C14H15N3O2/c1-18-12-6-3-10(4-7-12)16-17-11-5-8-14(19-2)13(15)9-11/h3-9H,15H2,1-2H3/b17-16+. The summed E-state index contributed by atoms with van der Waals surface area (Å²) in [5, 5.41) is 8.24.